The molecule has 4 aromatic heterocycles. The summed E-state index contributed by atoms with van der Waals surface area (Å²) in [6.07, 6.45) is -2.38. The van der Waals surface area contributed by atoms with Gasteiger partial charge in [0.2, 0.25) is 0 Å². The number of aryl methyl sites for hydroxylation is 1. The summed E-state index contributed by atoms with van der Waals surface area (Å²) in [6.45, 7) is 10.6. The molecule has 18 heteroatoms. The zero-order valence-electron chi connectivity index (χ0n) is 41.9. The number of aromatic nitrogens is 4. The van der Waals surface area contributed by atoms with Gasteiger partial charge < -0.3 is 9.80 Å². The van der Waals surface area contributed by atoms with Crippen LogP contribution in [0.15, 0.2) is 170 Å². The Morgan fingerprint density at radius 2 is 0.921 bits per heavy atom. The van der Waals surface area contributed by atoms with Gasteiger partial charge in [0.25, 0.3) is 11.8 Å². The van der Waals surface area contributed by atoms with Gasteiger partial charge in [-0.25, -0.2) is 0 Å². The molecule has 8 aromatic rings. The average molecular weight is 1040 g/mol. The summed E-state index contributed by atoms with van der Waals surface area (Å²) < 4.78 is 82.6. The maximum atomic E-state index is 13.2. The lowest BCUT2D eigenvalue weighted by molar-refractivity contribution is -0.138. The second-order valence-corrected chi connectivity index (χ2v) is 18.7. The van der Waals surface area contributed by atoms with Crippen LogP contribution in [0.1, 0.15) is 54.4 Å². The van der Waals surface area contributed by atoms with E-state index in [0.29, 0.717) is 87.9 Å². The fourth-order valence-electron chi connectivity index (χ4n) is 9.57. The number of nitrogens with zero attached hydrogens (tertiary/aromatic N) is 8. The van der Waals surface area contributed by atoms with E-state index in [1.165, 1.54) is 24.3 Å². The van der Waals surface area contributed by atoms with E-state index in [-0.39, 0.29) is 11.8 Å². The molecule has 392 valence electrons. The molecule has 2 fully saturated rings. The quantitative estimate of drug-likeness (QED) is 0.117. The number of amides is 2. The van der Waals surface area contributed by atoms with Crippen LogP contribution in [0.3, 0.4) is 0 Å². The van der Waals surface area contributed by atoms with Gasteiger partial charge in [-0.2, -0.15) is 26.3 Å². The summed E-state index contributed by atoms with van der Waals surface area (Å²) in [5.41, 5.74) is 14.7. The zero-order valence-corrected chi connectivity index (χ0v) is 41.9. The highest BCUT2D eigenvalue weighted by Gasteiger charge is 2.33. The molecule has 0 spiro atoms. The third-order valence-electron chi connectivity index (χ3n) is 13.7. The van der Waals surface area contributed by atoms with Crippen molar-refractivity contribution in [2.45, 2.75) is 39.3 Å². The fourth-order valence-corrected chi connectivity index (χ4v) is 9.57. The molecule has 4 aromatic carbocycles. The van der Waals surface area contributed by atoms with E-state index < -0.39 is 23.5 Å². The van der Waals surface area contributed by atoms with Crippen molar-refractivity contribution in [1.82, 2.24) is 29.1 Å². The number of pyridine rings is 2. The number of hydrogen-bond acceptors (Lipinski definition) is 8. The van der Waals surface area contributed by atoms with Crippen LogP contribution >= 0.6 is 0 Å². The lowest BCUT2D eigenvalue weighted by Crippen LogP contribution is -2.46. The molecule has 0 atom stereocenters. The maximum Gasteiger partial charge on any atom is 0.416 e. The van der Waals surface area contributed by atoms with Gasteiger partial charge in [-0.1, -0.05) is 72.8 Å². The smallest absolute Gasteiger partial charge is 0.369 e. The van der Waals surface area contributed by atoms with Crippen LogP contribution in [0.25, 0.3) is 22.5 Å². The molecule has 12 nitrogen and oxygen atoms in total. The van der Waals surface area contributed by atoms with Gasteiger partial charge in [-0.3, -0.25) is 49.6 Å². The number of benzene rings is 4. The zero-order chi connectivity index (χ0) is 53.4. The number of carbonyl (C=O) groups excluding carboxylic acids is 2. The third kappa shape index (κ3) is 12.6. The van der Waals surface area contributed by atoms with Crippen molar-refractivity contribution in [3.8, 4) is 22.5 Å². The molecular weight excluding hydrogens is 983 g/mol. The minimum absolute atomic E-state index is 0.232. The molecule has 0 bridgehead atoms. The normalized spacial score (nSPS) is 14.5. The first-order chi connectivity index (χ1) is 36.6. The van der Waals surface area contributed by atoms with E-state index in [0.717, 1.165) is 57.2 Å². The number of alkyl halides is 6. The minimum Gasteiger partial charge on any atom is -0.369 e. The number of rotatable bonds is 12. The van der Waals surface area contributed by atoms with Crippen LogP contribution in [0.5, 0.6) is 0 Å². The number of anilines is 2. The van der Waals surface area contributed by atoms with E-state index in [4.69, 9.17) is 0 Å². The van der Waals surface area contributed by atoms with Gasteiger partial charge in [0, 0.05) is 135 Å². The van der Waals surface area contributed by atoms with Crippen molar-refractivity contribution in [1.29, 1.82) is 0 Å². The highest BCUT2D eigenvalue weighted by Crippen LogP contribution is 2.35. The van der Waals surface area contributed by atoms with Crippen molar-refractivity contribution >= 4 is 23.2 Å². The lowest BCUT2D eigenvalue weighted by Gasteiger charge is -2.36. The van der Waals surface area contributed by atoms with Crippen LogP contribution in [-0.4, -0.2) is 93.3 Å². The van der Waals surface area contributed by atoms with Gasteiger partial charge >= 0.3 is 12.4 Å². The van der Waals surface area contributed by atoms with Gasteiger partial charge in [-0.15, -0.1) is 0 Å². The molecule has 2 aliphatic rings. The summed E-state index contributed by atoms with van der Waals surface area (Å²) in [5, 5.41) is 0. The van der Waals surface area contributed by atoms with Gasteiger partial charge in [0.1, 0.15) is 0 Å². The monoisotopic (exact) mass is 1040 g/mol. The van der Waals surface area contributed by atoms with Crippen LogP contribution in [0, 0.1) is 13.8 Å². The molecule has 2 N–H and O–H groups in total. The second-order valence-electron chi connectivity index (χ2n) is 18.7. The van der Waals surface area contributed by atoms with Crippen LogP contribution in [0.2, 0.25) is 0 Å². The van der Waals surface area contributed by atoms with E-state index >= 15 is 0 Å². The largest absolute Gasteiger partial charge is 0.416 e. The lowest BCUT2D eigenvalue weighted by atomic mass is 10.1. The standard InChI is InChI=1S/2C29H28F3N5O/c1-21-24(20-35-14-16-36(17-15-35)26-9-5-8-25(19-26)29(30,31)32)18-27(22-6-3-2-4-7-22)37(21)34-28(38)23-10-12-33-13-11-23;1-21-18-24(20-35-14-16-36(17-15-35)26-9-5-8-25(19-26)29(30,31)32)27(22-6-3-2-4-7-22)37(21)34-28(38)23-10-12-33-13-11-23/h2*2-13,18-19H,14-17,20H2,1H3,(H,34,38). The Labute approximate surface area is 436 Å². The number of hydrogen-bond donors (Lipinski definition) is 2. The molecule has 0 unspecified atom stereocenters. The van der Waals surface area contributed by atoms with E-state index in [1.807, 2.05) is 93.7 Å². The van der Waals surface area contributed by atoms with Gasteiger partial charge in [-0.05, 0) is 97.8 Å². The predicted molar refractivity (Wildman–Crippen MR) is 283 cm³/mol. The molecule has 2 amide bonds. The molecule has 2 saturated heterocycles. The Kier molecular flexibility index (Phi) is 16.0. The summed E-state index contributed by atoms with van der Waals surface area (Å²) in [4.78, 5) is 42.5. The van der Waals surface area contributed by atoms with Gasteiger partial charge in [0.15, 0.2) is 0 Å². The molecular formula is C58H56F6N10O2. The predicted octanol–water partition coefficient (Wildman–Crippen LogP) is 11.2. The second kappa shape index (κ2) is 23.1. The Morgan fingerprint density at radius 1 is 0.487 bits per heavy atom. The highest BCUT2D eigenvalue weighted by molar-refractivity contribution is 6.01. The van der Waals surface area contributed by atoms with Crippen molar-refractivity contribution < 1.29 is 35.9 Å². The maximum absolute atomic E-state index is 13.2. The van der Waals surface area contributed by atoms with Crippen molar-refractivity contribution in [2.75, 3.05) is 73.0 Å². The summed E-state index contributed by atoms with van der Waals surface area (Å²) in [6, 6.07) is 41.6. The van der Waals surface area contributed by atoms with Gasteiger partial charge in [0.05, 0.1) is 22.5 Å². The van der Waals surface area contributed by atoms with Crippen molar-refractivity contribution in [3.63, 3.8) is 0 Å². The fraction of sp³-hybridized carbons (Fsp3) is 0.241. The van der Waals surface area contributed by atoms with E-state index in [1.54, 1.807) is 61.2 Å². The van der Waals surface area contributed by atoms with Crippen molar-refractivity contribution in [2.24, 2.45) is 0 Å². The molecule has 0 aliphatic carbocycles. The van der Waals surface area contributed by atoms with E-state index in [2.05, 4.69) is 42.8 Å². The first-order valence-electron chi connectivity index (χ1n) is 24.8. The highest BCUT2D eigenvalue weighted by atomic mass is 19.4. The summed E-state index contributed by atoms with van der Waals surface area (Å²) in [7, 11) is 0. The molecule has 0 radical (unpaired) electrons. The van der Waals surface area contributed by atoms with Crippen LogP contribution in [0.4, 0.5) is 37.7 Å². The SMILES string of the molecule is Cc1c(CN2CCN(c3cccc(C(F)(F)F)c3)CC2)cc(-c2ccccc2)n1NC(=O)c1ccncc1.Cc1cc(CN2CCN(c3cccc(C(F)(F)F)c3)CC2)c(-c2ccccc2)n1NC(=O)c1ccncc1. The minimum atomic E-state index is -4.36. The molecule has 10 rings (SSSR count). The van der Waals surface area contributed by atoms with Crippen molar-refractivity contribution in [3.05, 3.63) is 215 Å². The third-order valence-corrected chi connectivity index (χ3v) is 13.7. The number of halogens is 6. The number of piperazine rings is 2. The topological polar surface area (TPSA) is 107 Å². The Morgan fingerprint density at radius 3 is 1.38 bits per heavy atom. The summed E-state index contributed by atoms with van der Waals surface area (Å²) in [5.74, 6) is -0.464. The molecule has 76 heavy (non-hydrogen) atoms. The van der Waals surface area contributed by atoms with E-state index in [9.17, 15) is 35.9 Å². The number of carbonyl (C=O) groups is 2. The first-order valence-corrected chi connectivity index (χ1v) is 24.8. The first kappa shape index (κ1) is 52.6. The van der Waals surface area contributed by atoms with Crippen LogP contribution < -0.4 is 20.7 Å². The summed E-state index contributed by atoms with van der Waals surface area (Å²) >= 11 is 0. The average Bonchev–Trinajstić information content (AvgIpc) is 3.92. The molecule has 6 heterocycles. The molecule has 0 saturated carbocycles. The molecule has 2 aliphatic heterocycles. The van der Waals surface area contributed by atoms with Crippen LogP contribution in [-0.2, 0) is 25.4 Å². The Balaban J connectivity index is 0.000000186. The Bertz CT molecular complexity index is 3170. The number of nitrogens with one attached hydrogen (secondary N) is 2. The Hall–Kier alpha value is -8.22.